The lowest BCUT2D eigenvalue weighted by molar-refractivity contribution is 0.521. The molecule has 0 radical (unpaired) electrons. The first-order chi connectivity index (χ1) is 8.66. The molecular weight excluding hydrogens is 310 g/mol. The Morgan fingerprint density at radius 1 is 1.33 bits per heavy atom. The molecule has 0 aliphatic heterocycles. The summed E-state index contributed by atoms with van der Waals surface area (Å²) in [6.45, 7) is 2.06. The van der Waals surface area contributed by atoms with Gasteiger partial charge in [-0.15, -0.1) is 0 Å². The molecule has 1 atom stereocenters. The fraction of sp³-hybridized carbons (Fsp3) is 0.143. The van der Waals surface area contributed by atoms with Gasteiger partial charge >= 0.3 is 0 Å². The Bertz CT molecular complexity index is 687. The summed E-state index contributed by atoms with van der Waals surface area (Å²) in [5.41, 5.74) is 9.36. The van der Waals surface area contributed by atoms with Crippen LogP contribution in [0.2, 0.25) is 0 Å². The summed E-state index contributed by atoms with van der Waals surface area (Å²) >= 11 is 5.10. The number of nitrogens with two attached hydrogens (primary N) is 1. The zero-order valence-corrected chi connectivity index (χ0v) is 12.2. The summed E-state index contributed by atoms with van der Waals surface area (Å²) in [5, 5.41) is 5.22. The average molecular weight is 322 g/mol. The number of aryl methyl sites for hydroxylation is 1. The van der Waals surface area contributed by atoms with Crippen molar-refractivity contribution in [2.24, 2.45) is 5.73 Å². The summed E-state index contributed by atoms with van der Waals surface area (Å²) in [6, 6.07) is 7.90. The fourth-order valence-corrected chi connectivity index (χ4v) is 3.15. The summed E-state index contributed by atoms with van der Waals surface area (Å²) < 4.78 is 6.93. The topological polar surface area (TPSA) is 39.2 Å². The van der Waals surface area contributed by atoms with Crippen LogP contribution in [-0.2, 0) is 0 Å². The fourth-order valence-electron chi connectivity index (χ4n) is 2.12. The summed E-state index contributed by atoms with van der Waals surface area (Å²) in [6.07, 6.45) is 0. The standard InChI is InChI=1S/C14H12BrNOS/c1-8-11-3-2-10(15)6-12(11)17-14(8)13(16)9-4-5-18-7-9/h2-7,13H,16H2,1H3. The highest BCUT2D eigenvalue weighted by Crippen LogP contribution is 2.33. The number of thiophene rings is 1. The van der Waals surface area contributed by atoms with E-state index in [9.17, 15) is 0 Å². The molecule has 0 saturated heterocycles. The van der Waals surface area contributed by atoms with E-state index < -0.39 is 0 Å². The molecule has 0 saturated carbocycles. The van der Waals surface area contributed by atoms with E-state index in [-0.39, 0.29) is 6.04 Å². The Kier molecular flexibility index (Phi) is 3.01. The molecule has 2 N–H and O–H groups in total. The number of hydrogen-bond acceptors (Lipinski definition) is 3. The monoisotopic (exact) mass is 321 g/mol. The van der Waals surface area contributed by atoms with Gasteiger partial charge in [0.05, 0.1) is 6.04 Å². The third-order valence-corrected chi connectivity index (χ3v) is 4.32. The van der Waals surface area contributed by atoms with Crippen molar-refractivity contribution in [1.82, 2.24) is 0 Å². The molecule has 0 fully saturated rings. The van der Waals surface area contributed by atoms with Crippen molar-refractivity contribution in [2.75, 3.05) is 0 Å². The first kappa shape index (κ1) is 12.0. The van der Waals surface area contributed by atoms with E-state index in [1.54, 1.807) is 11.3 Å². The number of halogens is 1. The number of rotatable bonds is 2. The van der Waals surface area contributed by atoms with Gasteiger partial charge in [0, 0.05) is 15.4 Å². The minimum Gasteiger partial charge on any atom is -0.459 e. The quantitative estimate of drug-likeness (QED) is 0.748. The molecular formula is C14H12BrNOS. The van der Waals surface area contributed by atoms with Crippen molar-refractivity contribution in [3.8, 4) is 0 Å². The lowest BCUT2D eigenvalue weighted by atomic mass is 10.0. The third-order valence-electron chi connectivity index (χ3n) is 3.12. The van der Waals surface area contributed by atoms with Crippen molar-refractivity contribution in [3.63, 3.8) is 0 Å². The molecule has 0 amide bonds. The van der Waals surface area contributed by atoms with Crippen LogP contribution in [-0.4, -0.2) is 0 Å². The maximum absolute atomic E-state index is 6.26. The summed E-state index contributed by atoms with van der Waals surface area (Å²) in [5.74, 6) is 0.849. The van der Waals surface area contributed by atoms with Crippen LogP contribution in [0.4, 0.5) is 0 Å². The number of hydrogen-bond donors (Lipinski definition) is 1. The van der Waals surface area contributed by atoms with Crippen molar-refractivity contribution < 1.29 is 4.42 Å². The van der Waals surface area contributed by atoms with Gasteiger partial charge < -0.3 is 10.2 Å². The molecule has 0 aliphatic rings. The van der Waals surface area contributed by atoms with Gasteiger partial charge in [0.25, 0.3) is 0 Å². The molecule has 2 nitrogen and oxygen atoms in total. The van der Waals surface area contributed by atoms with Gasteiger partial charge in [0.15, 0.2) is 0 Å². The van der Waals surface area contributed by atoms with Crippen LogP contribution in [0.15, 0.2) is 43.9 Å². The SMILES string of the molecule is Cc1c(C(N)c2ccsc2)oc2cc(Br)ccc12. The number of furan rings is 1. The maximum atomic E-state index is 6.26. The third kappa shape index (κ3) is 1.90. The summed E-state index contributed by atoms with van der Waals surface area (Å²) in [7, 11) is 0. The lowest BCUT2D eigenvalue weighted by Crippen LogP contribution is -2.10. The van der Waals surface area contributed by atoms with Gasteiger partial charge in [-0.05, 0) is 47.5 Å². The van der Waals surface area contributed by atoms with Crippen LogP contribution in [0.1, 0.15) is 22.9 Å². The molecule has 3 aromatic rings. The minimum atomic E-state index is -0.192. The second-order valence-electron chi connectivity index (χ2n) is 4.27. The zero-order valence-electron chi connectivity index (χ0n) is 9.81. The highest BCUT2D eigenvalue weighted by molar-refractivity contribution is 9.10. The van der Waals surface area contributed by atoms with Gasteiger partial charge in [0.2, 0.25) is 0 Å². The van der Waals surface area contributed by atoms with E-state index in [4.69, 9.17) is 10.2 Å². The maximum Gasteiger partial charge on any atom is 0.135 e. The van der Waals surface area contributed by atoms with Crippen LogP contribution in [0.25, 0.3) is 11.0 Å². The average Bonchev–Trinajstić information content (AvgIpc) is 2.97. The van der Waals surface area contributed by atoms with E-state index in [1.165, 1.54) is 0 Å². The van der Waals surface area contributed by atoms with E-state index in [0.29, 0.717) is 0 Å². The van der Waals surface area contributed by atoms with E-state index in [2.05, 4.69) is 34.3 Å². The van der Waals surface area contributed by atoms with Crippen molar-refractivity contribution >= 4 is 38.2 Å². The predicted molar refractivity (Wildman–Crippen MR) is 79.0 cm³/mol. The molecule has 0 spiro atoms. The molecule has 2 aromatic heterocycles. The minimum absolute atomic E-state index is 0.192. The van der Waals surface area contributed by atoms with Crippen LogP contribution >= 0.6 is 27.3 Å². The van der Waals surface area contributed by atoms with Crippen LogP contribution in [0.3, 0.4) is 0 Å². The molecule has 4 heteroatoms. The molecule has 1 unspecified atom stereocenters. The Hall–Kier alpha value is -1.10. The van der Waals surface area contributed by atoms with Gasteiger partial charge in [0.1, 0.15) is 11.3 Å². The molecule has 3 rings (SSSR count). The normalized spacial score (nSPS) is 13.1. The highest BCUT2D eigenvalue weighted by Gasteiger charge is 2.18. The molecule has 1 aromatic carbocycles. The Labute approximate surface area is 118 Å². The Morgan fingerprint density at radius 2 is 2.17 bits per heavy atom. The van der Waals surface area contributed by atoms with Crippen LogP contribution in [0, 0.1) is 6.92 Å². The number of fused-ring (bicyclic) bond motifs is 1. The van der Waals surface area contributed by atoms with Crippen LogP contribution < -0.4 is 5.73 Å². The van der Waals surface area contributed by atoms with Crippen molar-refractivity contribution in [1.29, 1.82) is 0 Å². The van der Waals surface area contributed by atoms with Gasteiger partial charge in [-0.1, -0.05) is 15.9 Å². The predicted octanol–water partition coefficient (Wildman–Crippen LogP) is 4.61. The van der Waals surface area contributed by atoms with E-state index >= 15 is 0 Å². The second-order valence-corrected chi connectivity index (χ2v) is 5.96. The highest BCUT2D eigenvalue weighted by atomic mass is 79.9. The van der Waals surface area contributed by atoms with Crippen LogP contribution in [0.5, 0.6) is 0 Å². The van der Waals surface area contributed by atoms with E-state index in [1.807, 2.05) is 23.6 Å². The van der Waals surface area contributed by atoms with Gasteiger partial charge in [-0.2, -0.15) is 11.3 Å². The molecule has 2 heterocycles. The Balaban J connectivity index is 2.15. The van der Waals surface area contributed by atoms with Crippen molar-refractivity contribution in [2.45, 2.75) is 13.0 Å². The number of benzene rings is 1. The second kappa shape index (κ2) is 4.53. The summed E-state index contributed by atoms with van der Waals surface area (Å²) in [4.78, 5) is 0. The first-order valence-corrected chi connectivity index (χ1v) is 7.36. The van der Waals surface area contributed by atoms with Gasteiger partial charge in [-0.3, -0.25) is 0 Å². The molecule has 0 bridgehead atoms. The molecule has 0 aliphatic carbocycles. The van der Waals surface area contributed by atoms with Crippen molar-refractivity contribution in [3.05, 3.63) is 56.4 Å². The van der Waals surface area contributed by atoms with E-state index in [0.717, 1.165) is 32.3 Å². The zero-order chi connectivity index (χ0) is 12.7. The lowest BCUT2D eigenvalue weighted by Gasteiger charge is -2.07. The largest absolute Gasteiger partial charge is 0.459 e. The molecule has 92 valence electrons. The smallest absolute Gasteiger partial charge is 0.135 e. The molecule has 18 heavy (non-hydrogen) atoms. The Morgan fingerprint density at radius 3 is 2.89 bits per heavy atom. The first-order valence-electron chi connectivity index (χ1n) is 5.63. The van der Waals surface area contributed by atoms with Gasteiger partial charge in [-0.25, -0.2) is 0 Å².